The lowest BCUT2D eigenvalue weighted by atomic mass is 10.0. The zero-order chi connectivity index (χ0) is 21.4. The largest absolute Gasteiger partial charge is 0.494 e. The highest BCUT2D eigenvalue weighted by molar-refractivity contribution is 8.08. The van der Waals surface area contributed by atoms with Gasteiger partial charge in [0.1, 0.15) is 5.75 Å². The van der Waals surface area contributed by atoms with Gasteiger partial charge in [0, 0.05) is 5.56 Å². The summed E-state index contributed by atoms with van der Waals surface area (Å²) in [5.74, 6) is -0.301. The first-order valence-electron chi connectivity index (χ1n) is 9.63. The zero-order valence-corrected chi connectivity index (χ0v) is 17.8. The van der Waals surface area contributed by atoms with Crippen LogP contribution >= 0.6 is 0 Å². The number of nitrogens with zero attached hydrogens (tertiary/aromatic N) is 2. The molecule has 0 saturated heterocycles. The molecule has 0 aromatic heterocycles. The molecule has 2 aromatic rings. The van der Waals surface area contributed by atoms with Crippen molar-refractivity contribution in [2.75, 3.05) is 6.61 Å². The van der Waals surface area contributed by atoms with E-state index < -0.39 is 20.7 Å². The predicted molar refractivity (Wildman–Crippen MR) is 112 cm³/mol. The van der Waals surface area contributed by atoms with E-state index in [2.05, 4.69) is 11.7 Å². The maximum atomic E-state index is 12.8. The summed E-state index contributed by atoms with van der Waals surface area (Å²) in [4.78, 5) is 15.4. The van der Waals surface area contributed by atoms with Gasteiger partial charge in [0.05, 0.1) is 11.5 Å². The molecule has 0 atom stereocenters. The zero-order valence-electron chi connectivity index (χ0n) is 17.0. The number of ketones is 1. The first kappa shape index (κ1) is 22.5. The number of unbranched alkanes of at least 4 members (excludes halogenated alkanes) is 3. The van der Waals surface area contributed by atoms with Crippen LogP contribution in [0.1, 0.15) is 54.1 Å². The van der Waals surface area contributed by atoms with Crippen molar-refractivity contribution in [3.05, 3.63) is 64.7 Å². The lowest BCUT2D eigenvalue weighted by Gasteiger charge is -2.07. The minimum atomic E-state index is -4.28. The summed E-state index contributed by atoms with van der Waals surface area (Å²) in [6.07, 6.45) is 4.31. The summed E-state index contributed by atoms with van der Waals surface area (Å²) in [7, 11) is -4.28. The van der Waals surface area contributed by atoms with Gasteiger partial charge in [0.25, 0.3) is 15.6 Å². The molecule has 0 saturated carbocycles. The first-order chi connectivity index (χ1) is 13.8. The lowest BCUT2D eigenvalue weighted by molar-refractivity contribution is -0.00159. The van der Waals surface area contributed by atoms with Gasteiger partial charge in [-0.05, 0) is 50.1 Å². The van der Waals surface area contributed by atoms with E-state index in [1.807, 2.05) is 6.92 Å². The summed E-state index contributed by atoms with van der Waals surface area (Å²) < 4.78 is 31.3. The van der Waals surface area contributed by atoms with Gasteiger partial charge >= 0.3 is 5.04 Å². The van der Waals surface area contributed by atoms with Crippen LogP contribution in [0.25, 0.3) is 5.53 Å². The quantitative estimate of drug-likeness (QED) is 0.150. The maximum Gasteiger partial charge on any atom is 0.456 e. The van der Waals surface area contributed by atoms with Gasteiger partial charge in [-0.2, -0.15) is 0 Å². The first-order valence-corrected chi connectivity index (χ1v) is 11.1. The molecule has 0 radical (unpaired) electrons. The topological polar surface area (TPSA) is 96.8 Å². The molecule has 0 spiro atoms. The number of rotatable bonds is 9. The van der Waals surface area contributed by atoms with Crippen LogP contribution in [0, 0.1) is 13.8 Å². The number of ether oxygens (including phenoxy) is 1. The van der Waals surface area contributed by atoms with Gasteiger partial charge in [-0.25, -0.2) is 8.42 Å². The summed E-state index contributed by atoms with van der Waals surface area (Å²) >= 11 is 0. The molecule has 29 heavy (non-hydrogen) atoms. The molecule has 0 unspecified atom stereocenters. The van der Waals surface area contributed by atoms with Gasteiger partial charge in [-0.1, -0.05) is 49.9 Å². The summed E-state index contributed by atoms with van der Waals surface area (Å²) in [6, 6.07) is 10.8. The average Bonchev–Trinajstić information content (AvgIpc) is 2.68. The highest BCUT2D eigenvalue weighted by Gasteiger charge is 2.38. The average molecular weight is 415 g/mol. The van der Waals surface area contributed by atoms with Crippen LogP contribution in [0.5, 0.6) is 5.75 Å². The molecule has 2 aromatic carbocycles. The molecule has 2 rings (SSSR count). The van der Waals surface area contributed by atoms with Crippen molar-refractivity contribution in [2.24, 2.45) is 0 Å². The molecule has 0 aliphatic rings. The molecule has 154 valence electrons. The Morgan fingerprint density at radius 1 is 1.03 bits per heavy atom. The Morgan fingerprint density at radius 3 is 2.31 bits per heavy atom. The molecule has 7 heteroatoms. The number of Topliss-reactive ketones (excluding diaryl/α,β-unsaturated/α-hetero) is 1. The molecule has 0 aliphatic carbocycles. The van der Waals surface area contributed by atoms with Gasteiger partial charge in [0.2, 0.25) is 0 Å². The molecular weight excluding hydrogens is 388 g/mol. The summed E-state index contributed by atoms with van der Waals surface area (Å²) in [6.45, 7) is 6.26. The normalized spacial score (nSPS) is 11.0. The number of hydrogen-bond donors (Lipinski definition) is 0. The van der Waals surface area contributed by atoms with Crippen molar-refractivity contribution in [3.63, 3.8) is 0 Å². The number of carbonyl (C=O) groups excluding carboxylic acids is 1. The van der Waals surface area contributed by atoms with Crippen molar-refractivity contribution in [2.45, 2.75) is 51.3 Å². The van der Waals surface area contributed by atoms with Crippen molar-refractivity contribution in [3.8, 4) is 5.75 Å². The smallest absolute Gasteiger partial charge is 0.456 e. The Bertz CT molecular complexity index is 1020. The van der Waals surface area contributed by atoms with Crippen LogP contribution in [0.15, 0.2) is 47.4 Å². The number of carbonyl (C=O) groups is 1. The molecular formula is C22H26N2O4S. The molecule has 0 aliphatic heterocycles. The van der Waals surface area contributed by atoms with Crippen LogP contribution in [0.3, 0.4) is 0 Å². The second-order valence-corrected chi connectivity index (χ2v) is 8.80. The van der Waals surface area contributed by atoms with E-state index in [1.165, 1.54) is 30.3 Å². The lowest BCUT2D eigenvalue weighted by Crippen LogP contribution is -2.26. The van der Waals surface area contributed by atoms with Gasteiger partial charge in [-0.15, -0.1) is 4.79 Å². The molecule has 6 nitrogen and oxygen atoms in total. The van der Waals surface area contributed by atoms with E-state index in [1.54, 1.807) is 19.1 Å². The van der Waals surface area contributed by atoms with E-state index >= 15 is 0 Å². The Kier molecular flexibility index (Phi) is 7.88. The van der Waals surface area contributed by atoms with E-state index in [0.29, 0.717) is 17.9 Å². The van der Waals surface area contributed by atoms with E-state index in [-0.39, 0.29) is 10.5 Å². The van der Waals surface area contributed by atoms with Crippen LogP contribution in [-0.4, -0.2) is 30.6 Å². The minimum Gasteiger partial charge on any atom is -0.494 e. The van der Waals surface area contributed by atoms with Crippen molar-refractivity contribution in [1.29, 1.82) is 0 Å². The highest BCUT2D eigenvalue weighted by atomic mass is 32.2. The summed E-state index contributed by atoms with van der Waals surface area (Å²) in [5.41, 5.74) is 11.0. The Morgan fingerprint density at radius 2 is 1.72 bits per heavy atom. The third kappa shape index (κ3) is 5.62. The SMILES string of the molecule is CCCCCCOc1ccc(S(=O)(=O)C(=[N+]=[N-])C(=O)c2ccc(C)cc2C)cc1. The predicted octanol–water partition coefficient (Wildman–Crippen LogP) is 4.55. The standard InChI is InChI=1S/C22H26N2O4S/c1-4-5-6-7-14-28-18-9-11-19(12-10-18)29(26,27)22(24-23)21(25)20-13-8-16(2)15-17(20)3/h8-13,15H,4-7,14H2,1-3H3. The molecule has 0 N–H and O–H groups in total. The second kappa shape index (κ2) is 10.1. The highest BCUT2D eigenvalue weighted by Crippen LogP contribution is 2.20. The molecule has 0 bridgehead atoms. The molecule has 0 fully saturated rings. The van der Waals surface area contributed by atoms with Gasteiger partial charge < -0.3 is 10.3 Å². The second-order valence-electron chi connectivity index (χ2n) is 6.94. The number of sulfone groups is 1. The van der Waals surface area contributed by atoms with Crippen molar-refractivity contribution < 1.29 is 22.7 Å². The fourth-order valence-electron chi connectivity index (χ4n) is 2.95. The fourth-order valence-corrected chi connectivity index (χ4v) is 4.13. The third-order valence-corrected chi connectivity index (χ3v) is 6.24. The van der Waals surface area contributed by atoms with Crippen LogP contribution in [0.4, 0.5) is 0 Å². The third-order valence-electron chi connectivity index (χ3n) is 4.57. The monoisotopic (exact) mass is 414 g/mol. The van der Waals surface area contributed by atoms with Crippen molar-refractivity contribution >= 4 is 20.7 Å². The van der Waals surface area contributed by atoms with Crippen molar-refractivity contribution in [1.82, 2.24) is 0 Å². The van der Waals surface area contributed by atoms with E-state index in [4.69, 9.17) is 4.74 Å². The minimum absolute atomic E-state index is 0.137. The van der Waals surface area contributed by atoms with Crippen LogP contribution < -0.4 is 4.74 Å². The van der Waals surface area contributed by atoms with E-state index in [0.717, 1.165) is 31.2 Å². The van der Waals surface area contributed by atoms with Crippen LogP contribution in [0.2, 0.25) is 0 Å². The van der Waals surface area contributed by atoms with E-state index in [9.17, 15) is 18.7 Å². The fraction of sp³-hybridized carbons (Fsp3) is 0.364. The molecule has 0 heterocycles. The Balaban J connectivity index is 2.19. The maximum absolute atomic E-state index is 12.8. The Labute approximate surface area is 172 Å². The number of benzene rings is 2. The number of hydrogen-bond acceptors (Lipinski definition) is 4. The van der Waals surface area contributed by atoms with Gasteiger partial charge in [-0.3, -0.25) is 4.79 Å². The summed E-state index contributed by atoms with van der Waals surface area (Å²) in [5, 5.41) is -0.905. The van der Waals surface area contributed by atoms with Crippen LogP contribution in [-0.2, 0) is 9.84 Å². The number of aryl methyl sites for hydroxylation is 2. The Hall–Kier alpha value is -2.76. The molecule has 0 amide bonds. The van der Waals surface area contributed by atoms with Gasteiger partial charge in [0.15, 0.2) is 0 Å².